The van der Waals surface area contributed by atoms with Crippen molar-refractivity contribution in [3.63, 3.8) is 0 Å². The first-order valence-electron chi connectivity index (χ1n) is 4.60. The molecule has 0 atom stereocenters. The number of esters is 1. The molecule has 0 N–H and O–H groups in total. The van der Waals surface area contributed by atoms with Crippen LogP contribution < -0.4 is 0 Å². The maximum Gasteiger partial charge on any atom is 0.302 e. The molecule has 14 heavy (non-hydrogen) atoms. The molecule has 0 unspecified atom stereocenters. The first kappa shape index (κ1) is 13.4. The van der Waals surface area contributed by atoms with E-state index < -0.39 is 10.9 Å². The average molecular weight is 223 g/mol. The third-order valence-corrected chi connectivity index (χ3v) is 2.66. The number of carbonyl (C=O) groups is 1. The number of thiol groups is 1. The van der Waals surface area contributed by atoms with Crippen molar-refractivity contribution >= 4 is 16.9 Å². The molecule has 0 amide bonds. The second-order valence-corrected chi connectivity index (χ2v) is 3.87. The number of hydrogen-bond donors (Lipinski definition) is 1. The quantitative estimate of drug-likeness (QED) is 0.380. The summed E-state index contributed by atoms with van der Waals surface area (Å²) in [5.41, 5.74) is 0. The first-order valence-corrected chi connectivity index (χ1v) is 5.73. The molecular weight excluding hydrogens is 206 g/mol. The predicted octanol–water partition coefficient (Wildman–Crippen LogP) is 0.178. The van der Waals surface area contributed by atoms with Crippen LogP contribution in [0.3, 0.4) is 0 Å². The third-order valence-electron chi connectivity index (χ3n) is 1.71. The largest absolute Gasteiger partial charge is 0.466 e. The molecule has 0 aliphatic heterocycles. The minimum Gasteiger partial charge on any atom is -0.466 e. The summed E-state index contributed by atoms with van der Waals surface area (Å²) in [6, 6.07) is 0. The van der Waals surface area contributed by atoms with Crippen molar-refractivity contribution in [3.05, 3.63) is 0 Å². The molecule has 6 heteroatoms. The molecule has 0 aromatic rings. The average Bonchev–Trinajstić information content (AvgIpc) is 2.10. The fourth-order valence-corrected chi connectivity index (χ4v) is 1.50. The van der Waals surface area contributed by atoms with Crippen LogP contribution in [0.25, 0.3) is 0 Å². The number of rotatable bonds is 7. The normalized spacial score (nSPS) is 10.9. The van der Waals surface area contributed by atoms with Gasteiger partial charge in [0.1, 0.15) is 0 Å². The van der Waals surface area contributed by atoms with Gasteiger partial charge in [-0.2, -0.15) is 0 Å². The lowest BCUT2D eigenvalue weighted by Crippen LogP contribution is -2.22. The molecule has 0 fully saturated rings. The van der Waals surface area contributed by atoms with E-state index in [0.29, 0.717) is 32.5 Å². The van der Waals surface area contributed by atoms with E-state index in [1.165, 1.54) is 11.2 Å². The van der Waals surface area contributed by atoms with Crippen LogP contribution in [0.4, 0.5) is 0 Å². The zero-order valence-electron chi connectivity index (χ0n) is 8.56. The van der Waals surface area contributed by atoms with Gasteiger partial charge >= 0.3 is 5.97 Å². The zero-order valence-corrected chi connectivity index (χ0v) is 9.46. The molecular formula is C8H17NO4S. The number of ether oxygens (including phenoxy) is 1. The number of carbonyl (C=O) groups excluding carboxylic acids is 1. The van der Waals surface area contributed by atoms with E-state index in [0.717, 1.165) is 0 Å². The minimum atomic E-state index is -2.47. The van der Waals surface area contributed by atoms with E-state index in [4.69, 9.17) is 4.74 Å². The Kier molecular flexibility index (Phi) is 7.41. The Labute approximate surface area is 86.1 Å². The van der Waals surface area contributed by atoms with E-state index in [9.17, 15) is 13.2 Å². The van der Waals surface area contributed by atoms with Gasteiger partial charge in [0.25, 0.3) is 0 Å². The van der Waals surface area contributed by atoms with Crippen LogP contribution >= 0.6 is 0 Å². The standard InChI is InChI=1S/C8H17NO4S/c1-3-9(14(11)12)6-4-5-7-13-8(2)10/h14H,3-7H2,1-2H3. The Morgan fingerprint density at radius 2 is 2.00 bits per heavy atom. The molecule has 0 aromatic heterocycles. The highest BCUT2D eigenvalue weighted by molar-refractivity contribution is 7.69. The third kappa shape index (κ3) is 6.85. The molecule has 0 radical (unpaired) electrons. The summed E-state index contributed by atoms with van der Waals surface area (Å²) >= 11 is 0. The summed E-state index contributed by atoms with van der Waals surface area (Å²) in [6.07, 6.45) is 1.41. The minimum absolute atomic E-state index is 0.299. The lowest BCUT2D eigenvalue weighted by atomic mass is 10.3. The van der Waals surface area contributed by atoms with Crippen molar-refractivity contribution in [2.24, 2.45) is 0 Å². The van der Waals surface area contributed by atoms with Crippen molar-refractivity contribution in [2.75, 3.05) is 19.7 Å². The van der Waals surface area contributed by atoms with Gasteiger partial charge in [-0.15, -0.1) is 0 Å². The summed E-state index contributed by atoms with van der Waals surface area (Å²) in [5.74, 6) is -0.299. The molecule has 0 bridgehead atoms. The number of hydrogen-bond acceptors (Lipinski definition) is 4. The number of nitrogens with zero attached hydrogens (tertiary/aromatic N) is 1. The van der Waals surface area contributed by atoms with Gasteiger partial charge in [0.2, 0.25) is 10.9 Å². The lowest BCUT2D eigenvalue weighted by molar-refractivity contribution is -0.141. The number of unbranched alkanes of at least 4 members (excludes halogenated alkanes) is 1. The highest BCUT2D eigenvalue weighted by Gasteiger charge is 2.02. The molecule has 0 aromatic carbocycles. The van der Waals surface area contributed by atoms with Gasteiger partial charge < -0.3 is 4.74 Å². The van der Waals surface area contributed by atoms with E-state index in [1.807, 2.05) is 0 Å². The maximum absolute atomic E-state index is 10.6. The lowest BCUT2D eigenvalue weighted by Gasteiger charge is -2.11. The monoisotopic (exact) mass is 223 g/mol. The second kappa shape index (κ2) is 7.75. The summed E-state index contributed by atoms with van der Waals surface area (Å²) in [7, 11) is -2.47. The van der Waals surface area contributed by atoms with Crippen molar-refractivity contribution in [1.29, 1.82) is 0 Å². The van der Waals surface area contributed by atoms with Crippen molar-refractivity contribution in [2.45, 2.75) is 26.7 Å². The molecule has 0 rings (SSSR count). The van der Waals surface area contributed by atoms with Crippen LogP contribution in [0.15, 0.2) is 0 Å². The van der Waals surface area contributed by atoms with Crippen molar-refractivity contribution in [1.82, 2.24) is 4.31 Å². The molecule has 0 saturated carbocycles. The van der Waals surface area contributed by atoms with Gasteiger partial charge in [0.05, 0.1) is 6.61 Å². The Hall–Kier alpha value is -0.620. The van der Waals surface area contributed by atoms with E-state index in [-0.39, 0.29) is 5.97 Å². The van der Waals surface area contributed by atoms with Crippen LogP contribution in [0.2, 0.25) is 0 Å². The zero-order chi connectivity index (χ0) is 11.0. The Bertz CT molecular complexity index is 231. The Balaban J connectivity index is 3.47. The fraction of sp³-hybridized carbons (Fsp3) is 0.875. The molecule has 5 nitrogen and oxygen atoms in total. The van der Waals surface area contributed by atoms with E-state index in [1.54, 1.807) is 6.92 Å². The molecule has 0 aliphatic rings. The molecule has 0 heterocycles. The Morgan fingerprint density at radius 1 is 1.36 bits per heavy atom. The summed E-state index contributed by atoms with van der Waals surface area (Å²) < 4.78 is 27.2. The summed E-state index contributed by atoms with van der Waals surface area (Å²) in [6.45, 7) is 4.50. The molecule has 84 valence electrons. The van der Waals surface area contributed by atoms with E-state index >= 15 is 0 Å². The van der Waals surface area contributed by atoms with Gasteiger partial charge in [0.15, 0.2) is 0 Å². The van der Waals surface area contributed by atoms with Gasteiger partial charge in [0, 0.05) is 20.0 Å². The van der Waals surface area contributed by atoms with Crippen LogP contribution in [0.1, 0.15) is 26.7 Å². The van der Waals surface area contributed by atoms with Crippen LogP contribution in [-0.4, -0.2) is 38.4 Å². The van der Waals surface area contributed by atoms with Crippen molar-refractivity contribution in [3.8, 4) is 0 Å². The van der Waals surface area contributed by atoms with E-state index in [2.05, 4.69) is 0 Å². The Morgan fingerprint density at radius 3 is 2.43 bits per heavy atom. The maximum atomic E-state index is 10.6. The molecule has 0 aliphatic carbocycles. The smallest absolute Gasteiger partial charge is 0.302 e. The molecule has 0 saturated heterocycles. The van der Waals surface area contributed by atoms with Crippen LogP contribution in [0, 0.1) is 0 Å². The first-order chi connectivity index (χ1) is 6.57. The second-order valence-electron chi connectivity index (χ2n) is 2.83. The van der Waals surface area contributed by atoms with Gasteiger partial charge in [-0.3, -0.25) is 4.79 Å². The summed E-state index contributed by atoms with van der Waals surface area (Å²) in [4.78, 5) is 10.4. The van der Waals surface area contributed by atoms with Crippen molar-refractivity contribution < 1.29 is 17.9 Å². The van der Waals surface area contributed by atoms with Gasteiger partial charge in [-0.1, -0.05) is 6.92 Å². The summed E-state index contributed by atoms with van der Waals surface area (Å²) in [5, 5.41) is 0. The predicted molar refractivity (Wildman–Crippen MR) is 53.4 cm³/mol. The van der Waals surface area contributed by atoms with Crippen LogP contribution in [-0.2, 0) is 20.4 Å². The highest BCUT2D eigenvalue weighted by Crippen LogP contribution is 1.96. The van der Waals surface area contributed by atoms with Crippen LogP contribution in [0.5, 0.6) is 0 Å². The highest BCUT2D eigenvalue weighted by atomic mass is 32.2. The SMILES string of the molecule is CCN(CCCCOC(C)=O)[SH](=O)=O. The van der Waals surface area contributed by atoms with Gasteiger partial charge in [-0.25, -0.2) is 12.7 Å². The van der Waals surface area contributed by atoms with Gasteiger partial charge in [-0.05, 0) is 12.8 Å². The topological polar surface area (TPSA) is 63.7 Å². The molecule has 0 spiro atoms. The fourth-order valence-electron chi connectivity index (χ4n) is 0.968.